The fourth-order valence-corrected chi connectivity index (χ4v) is 1.45. The van der Waals surface area contributed by atoms with Crippen molar-refractivity contribution in [2.75, 3.05) is 25.1 Å². The monoisotopic (exact) mass is 252 g/mol. The molecule has 0 atom stereocenters. The van der Waals surface area contributed by atoms with Gasteiger partial charge in [-0.15, -0.1) is 0 Å². The van der Waals surface area contributed by atoms with E-state index >= 15 is 0 Å². The minimum Gasteiger partial charge on any atom is -0.478 e. The van der Waals surface area contributed by atoms with Crippen molar-refractivity contribution in [2.45, 2.75) is 20.8 Å². The molecule has 0 aromatic carbocycles. The van der Waals surface area contributed by atoms with Crippen molar-refractivity contribution < 1.29 is 14.6 Å². The van der Waals surface area contributed by atoms with Crippen molar-refractivity contribution in [3.63, 3.8) is 0 Å². The van der Waals surface area contributed by atoms with Crippen LogP contribution in [-0.4, -0.2) is 35.8 Å². The molecule has 1 aromatic heterocycles. The van der Waals surface area contributed by atoms with Gasteiger partial charge >= 0.3 is 5.97 Å². The third-order valence-electron chi connectivity index (χ3n) is 2.20. The van der Waals surface area contributed by atoms with Gasteiger partial charge in [0.25, 0.3) is 0 Å². The van der Waals surface area contributed by atoms with Crippen LogP contribution in [0, 0.1) is 12.8 Å². The van der Waals surface area contributed by atoms with Gasteiger partial charge in [-0.1, -0.05) is 13.8 Å². The first kappa shape index (κ1) is 14.4. The maximum Gasteiger partial charge on any atom is 0.335 e. The van der Waals surface area contributed by atoms with Crippen LogP contribution < -0.4 is 5.32 Å². The van der Waals surface area contributed by atoms with Crippen LogP contribution in [0.3, 0.4) is 0 Å². The molecule has 5 nitrogen and oxygen atoms in total. The maximum absolute atomic E-state index is 10.9. The summed E-state index contributed by atoms with van der Waals surface area (Å²) in [6, 6.07) is 3.07. The van der Waals surface area contributed by atoms with E-state index < -0.39 is 5.97 Å². The van der Waals surface area contributed by atoms with Gasteiger partial charge in [0, 0.05) is 18.8 Å². The molecule has 1 aromatic rings. The Morgan fingerprint density at radius 2 is 2.22 bits per heavy atom. The number of aryl methyl sites for hydroxylation is 1. The summed E-state index contributed by atoms with van der Waals surface area (Å²) in [5.74, 6) is 0.140. The van der Waals surface area contributed by atoms with E-state index in [-0.39, 0.29) is 5.56 Å². The van der Waals surface area contributed by atoms with Gasteiger partial charge in [-0.2, -0.15) is 0 Å². The van der Waals surface area contributed by atoms with Gasteiger partial charge in [-0.25, -0.2) is 9.78 Å². The van der Waals surface area contributed by atoms with Crippen LogP contribution >= 0.6 is 0 Å². The van der Waals surface area contributed by atoms with Gasteiger partial charge in [0.05, 0.1) is 12.2 Å². The third-order valence-corrected chi connectivity index (χ3v) is 2.20. The maximum atomic E-state index is 10.9. The minimum absolute atomic E-state index is 0.244. The highest BCUT2D eigenvalue weighted by Gasteiger charge is 2.06. The topological polar surface area (TPSA) is 71.5 Å². The average Bonchev–Trinajstić information content (AvgIpc) is 2.27. The molecule has 18 heavy (non-hydrogen) atoms. The van der Waals surface area contributed by atoms with E-state index in [9.17, 15) is 4.79 Å². The lowest BCUT2D eigenvalue weighted by molar-refractivity contribution is 0.0696. The Kier molecular flexibility index (Phi) is 5.58. The number of carboxylic acid groups (broad SMARTS) is 1. The molecule has 0 aliphatic heterocycles. The number of carbonyl (C=O) groups is 1. The largest absolute Gasteiger partial charge is 0.478 e. The normalized spacial score (nSPS) is 10.7. The van der Waals surface area contributed by atoms with Crippen molar-refractivity contribution in [2.24, 2.45) is 5.92 Å². The summed E-state index contributed by atoms with van der Waals surface area (Å²) >= 11 is 0. The molecule has 1 rings (SSSR count). The zero-order valence-electron chi connectivity index (χ0n) is 11.1. The number of aromatic nitrogens is 1. The van der Waals surface area contributed by atoms with E-state index in [1.807, 2.05) is 0 Å². The molecule has 0 bridgehead atoms. The van der Waals surface area contributed by atoms with Crippen LogP contribution in [0.5, 0.6) is 0 Å². The number of anilines is 1. The Hall–Kier alpha value is -1.62. The van der Waals surface area contributed by atoms with E-state index in [0.29, 0.717) is 30.6 Å². The van der Waals surface area contributed by atoms with Crippen molar-refractivity contribution >= 4 is 11.8 Å². The predicted octanol–water partition coefficient (Wildman–Crippen LogP) is 2.17. The molecule has 0 radical (unpaired) electrons. The highest BCUT2D eigenvalue weighted by atomic mass is 16.5. The Labute approximate surface area is 107 Å². The standard InChI is InChI=1S/C13H20N2O3/c1-9(2)8-18-5-4-14-12-7-11(13(16)17)6-10(3)15-12/h6-7,9H,4-5,8H2,1-3H3,(H,14,15)(H,16,17). The van der Waals surface area contributed by atoms with Crippen LogP contribution in [0.15, 0.2) is 12.1 Å². The summed E-state index contributed by atoms with van der Waals surface area (Å²) in [4.78, 5) is 15.1. The summed E-state index contributed by atoms with van der Waals surface area (Å²) < 4.78 is 5.42. The number of hydrogen-bond acceptors (Lipinski definition) is 4. The van der Waals surface area contributed by atoms with Crippen LogP contribution in [0.1, 0.15) is 29.9 Å². The number of pyridine rings is 1. The van der Waals surface area contributed by atoms with Crippen LogP contribution in [0.25, 0.3) is 0 Å². The van der Waals surface area contributed by atoms with Crippen molar-refractivity contribution in [3.8, 4) is 0 Å². The fourth-order valence-electron chi connectivity index (χ4n) is 1.45. The third kappa shape index (κ3) is 5.14. The van der Waals surface area contributed by atoms with E-state index in [1.165, 1.54) is 6.07 Å². The Bertz CT molecular complexity index is 405. The fraction of sp³-hybridized carbons (Fsp3) is 0.538. The smallest absolute Gasteiger partial charge is 0.335 e. The summed E-state index contributed by atoms with van der Waals surface area (Å²) in [5, 5.41) is 12.0. The molecule has 0 saturated carbocycles. The van der Waals surface area contributed by atoms with E-state index in [0.717, 1.165) is 6.61 Å². The molecule has 0 saturated heterocycles. The number of hydrogen-bond donors (Lipinski definition) is 2. The van der Waals surface area contributed by atoms with Crippen molar-refractivity contribution in [1.82, 2.24) is 4.98 Å². The number of ether oxygens (including phenoxy) is 1. The zero-order chi connectivity index (χ0) is 13.5. The van der Waals surface area contributed by atoms with Gasteiger partial charge in [-0.3, -0.25) is 0 Å². The molecule has 0 amide bonds. The number of nitrogens with one attached hydrogen (secondary N) is 1. The molecule has 0 aliphatic rings. The van der Waals surface area contributed by atoms with Gasteiger partial charge in [-0.05, 0) is 25.0 Å². The summed E-state index contributed by atoms with van der Waals surface area (Å²) in [6.45, 7) is 7.87. The molecule has 100 valence electrons. The van der Waals surface area contributed by atoms with Crippen LogP contribution in [-0.2, 0) is 4.74 Å². The van der Waals surface area contributed by atoms with E-state index in [4.69, 9.17) is 9.84 Å². The molecule has 0 spiro atoms. The number of carboxylic acids is 1. The summed E-state index contributed by atoms with van der Waals surface area (Å²) in [6.07, 6.45) is 0. The SMILES string of the molecule is Cc1cc(C(=O)O)cc(NCCOCC(C)C)n1. The van der Waals surface area contributed by atoms with Crippen LogP contribution in [0.4, 0.5) is 5.82 Å². The number of nitrogens with zero attached hydrogens (tertiary/aromatic N) is 1. The minimum atomic E-state index is -0.945. The zero-order valence-corrected chi connectivity index (χ0v) is 11.1. The van der Waals surface area contributed by atoms with E-state index in [2.05, 4.69) is 24.1 Å². The first-order chi connectivity index (χ1) is 8.49. The quantitative estimate of drug-likeness (QED) is 0.728. The second kappa shape index (κ2) is 6.96. The molecule has 2 N–H and O–H groups in total. The Morgan fingerprint density at radius 1 is 1.50 bits per heavy atom. The van der Waals surface area contributed by atoms with Gasteiger partial charge in [0.1, 0.15) is 5.82 Å². The molecule has 0 unspecified atom stereocenters. The number of aromatic carboxylic acids is 1. The van der Waals surface area contributed by atoms with Crippen molar-refractivity contribution in [3.05, 3.63) is 23.4 Å². The van der Waals surface area contributed by atoms with Crippen molar-refractivity contribution in [1.29, 1.82) is 0 Å². The highest BCUT2D eigenvalue weighted by molar-refractivity contribution is 5.88. The molecule has 0 aliphatic carbocycles. The Morgan fingerprint density at radius 3 is 2.83 bits per heavy atom. The lowest BCUT2D eigenvalue weighted by Crippen LogP contribution is -2.13. The summed E-state index contributed by atoms with van der Waals surface area (Å²) in [7, 11) is 0. The lowest BCUT2D eigenvalue weighted by atomic mass is 10.2. The second-order valence-electron chi connectivity index (χ2n) is 4.58. The van der Waals surface area contributed by atoms with Gasteiger partial charge < -0.3 is 15.2 Å². The first-order valence-corrected chi connectivity index (χ1v) is 6.02. The Balaban J connectivity index is 2.44. The lowest BCUT2D eigenvalue weighted by Gasteiger charge is -2.09. The molecule has 1 heterocycles. The summed E-state index contributed by atoms with van der Waals surface area (Å²) in [5.41, 5.74) is 0.925. The molecule has 0 fully saturated rings. The van der Waals surface area contributed by atoms with Crippen LogP contribution in [0.2, 0.25) is 0 Å². The second-order valence-corrected chi connectivity index (χ2v) is 4.58. The number of rotatable bonds is 7. The average molecular weight is 252 g/mol. The highest BCUT2D eigenvalue weighted by Crippen LogP contribution is 2.09. The molecule has 5 heteroatoms. The first-order valence-electron chi connectivity index (χ1n) is 6.02. The predicted molar refractivity (Wildman–Crippen MR) is 70.1 cm³/mol. The van der Waals surface area contributed by atoms with Gasteiger partial charge in [0.15, 0.2) is 0 Å². The molecular formula is C13H20N2O3. The van der Waals surface area contributed by atoms with Gasteiger partial charge in [0.2, 0.25) is 0 Å². The van der Waals surface area contributed by atoms with E-state index in [1.54, 1.807) is 13.0 Å². The molecular weight excluding hydrogens is 232 g/mol.